The minimum absolute atomic E-state index is 0.0338. The molecule has 1 heterocycles. The molecule has 28 heavy (non-hydrogen) atoms. The maximum absolute atomic E-state index is 13.0. The number of nitrogens with zero attached hydrogens (tertiary/aromatic N) is 2. The third-order valence-corrected chi connectivity index (χ3v) is 5.44. The highest BCUT2D eigenvalue weighted by molar-refractivity contribution is 5.56. The number of hydrogen-bond acceptors (Lipinski definition) is 3. The average Bonchev–Trinajstić information content (AvgIpc) is 3.19. The number of alkyl halides is 3. The van der Waals surface area contributed by atoms with E-state index in [4.69, 9.17) is 4.52 Å². The molecule has 0 bridgehead atoms. The van der Waals surface area contributed by atoms with Gasteiger partial charge < -0.3 is 4.52 Å². The van der Waals surface area contributed by atoms with Crippen LogP contribution in [-0.2, 0) is 6.18 Å². The van der Waals surface area contributed by atoms with Crippen molar-refractivity contribution in [1.29, 1.82) is 0 Å². The lowest BCUT2D eigenvalue weighted by Gasteiger charge is -2.28. The Labute approximate surface area is 161 Å². The van der Waals surface area contributed by atoms with E-state index >= 15 is 0 Å². The Bertz CT molecular complexity index is 915. The Kier molecular flexibility index (Phi) is 5.20. The predicted octanol–water partition coefficient (Wildman–Crippen LogP) is 6.47. The first-order valence-electron chi connectivity index (χ1n) is 9.58. The van der Waals surface area contributed by atoms with E-state index in [-0.39, 0.29) is 11.7 Å². The molecule has 0 saturated heterocycles. The van der Waals surface area contributed by atoms with Crippen molar-refractivity contribution in [3.05, 3.63) is 71.6 Å². The molecular formula is C22H21F3N2O. The molecule has 0 aliphatic heterocycles. The SMILES string of the molecule is FC(F)(F)c1cccc(-c2noc([C@H](c3ccccc3)C3CCCCC3)n2)c1. The molecule has 1 fully saturated rings. The summed E-state index contributed by atoms with van der Waals surface area (Å²) < 4.78 is 44.6. The van der Waals surface area contributed by atoms with Crippen molar-refractivity contribution in [2.24, 2.45) is 5.92 Å². The molecule has 4 rings (SSSR count). The monoisotopic (exact) mass is 386 g/mol. The van der Waals surface area contributed by atoms with Gasteiger partial charge in [0.05, 0.1) is 11.5 Å². The number of benzene rings is 2. The second-order valence-electron chi connectivity index (χ2n) is 7.32. The molecule has 1 saturated carbocycles. The highest BCUT2D eigenvalue weighted by Gasteiger charge is 2.33. The first-order valence-corrected chi connectivity index (χ1v) is 9.58. The van der Waals surface area contributed by atoms with Gasteiger partial charge in [-0.2, -0.15) is 18.2 Å². The Morgan fingerprint density at radius 2 is 1.68 bits per heavy atom. The Hall–Kier alpha value is -2.63. The summed E-state index contributed by atoms with van der Waals surface area (Å²) >= 11 is 0. The van der Waals surface area contributed by atoms with Gasteiger partial charge >= 0.3 is 6.18 Å². The summed E-state index contributed by atoms with van der Waals surface area (Å²) in [5.41, 5.74) is 0.692. The fraction of sp³-hybridized carbons (Fsp3) is 0.364. The number of hydrogen-bond donors (Lipinski definition) is 0. The first kappa shape index (κ1) is 18.7. The van der Waals surface area contributed by atoms with Crippen molar-refractivity contribution in [2.75, 3.05) is 0 Å². The van der Waals surface area contributed by atoms with Crippen molar-refractivity contribution >= 4 is 0 Å². The van der Waals surface area contributed by atoms with E-state index in [2.05, 4.69) is 10.1 Å². The van der Waals surface area contributed by atoms with E-state index in [0.29, 0.717) is 17.4 Å². The second kappa shape index (κ2) is 7.78. The van der Waals surface area contributed by atoms with E-state index in [0.717, 1.165) is 30.5 Å². The van der Waals surface area contributed by atoms with Crippen LogP contribution in [0.4, 0.5) is 13.2 Å². The lowest BCUT2D eigenvalue weighted by Crippen LogP contribution is -2.18. The average molecular weight is 386 g/mol. The molecule has 0 spiro atoms. The summed E-state index contributed by atoms with van der Waals surface area (Å²) in [6.07, 6.45) is 1.33. The molecule has 1 atom stereocenters. The van der Waals surface area contributed by atoms with Crippen LogP contribution in [0.5, 0.6) is 0 Å². The summed E-state index contributed by atoms with van der Waals surface area (Å²) in [7, 11) is 0. The molecule has 2 aromatic carbocycles. The van der Waals surface area contributed by atoms with Crippen LogP contribution < -0.4 is 0 Å². The Balaban J connectivity index is 1.69. The summed E-state index contributed by atoms with van der Waals surface area (Å²) in [6.45, 7) is 0. The molecule has 3 nitrogen and oxygen atoms in total. The highest BCUT2D eigenvalue weighted by Crippen LogP contribution is 2.40. The van der Waals surface area contributed by atoms with Gasteiger partial charge in [0.1, 0.15) is 0 Å². The minimum Gasteiger partial charge on any atom is -0.338 e. The molecule has 6 heteroatoms. The van der Waals surface area contributed by atoms with Gasteiger partial charge in [0.25, 0.3) is 0 Å². The van der Waals surface area contributed by atoms with E-state index in [9.17, 15) is 13.2 Å². The molecule has 3 aromatic rings. The molecule has 0 amide bonds. The van der Waals surface area contributed by atoms with Gasteiger partial charge in [-0.15, -0.1) is 0 Å². The van der Waals surface area contributed by atoms with Crippen LogP contribution in [0.1, 0.15) is 55.0 Å². The first-order chi connectivity index (χ1) is 13.5. The topological polar surface area (TPSA) is 38.9 Å². The minimum atomic E-state index is -4.41. The quantitative estimate of drug-likeness (QED) is 0.516. The zero-order chi connectivity index (χ0) is 19.6. The van der Waals surface area contributed by atoms with Crippen LogP contribution in [-0.4, -0.2) is 10.1 Å². The zero-order valence-electron chi connectivity index (χ0n) is 15.3. The van der Waals surface area contributed by atoms with Gasteiger partial charge in [-0.25, -0.2) is 0 Å². The van der Waals surface area contributed by atoms with Gasteiger partial charge in [-0.05, 0) is 36.5 Å². The van der Waals surface area contributed by atoms with Crippen LogP contribution in [0, 0.1) is 5.92 Å². The van der Waals surface area contributed by atoms with E-state index < -0.39 is 11.7 Å². The molecule has 1 aliphatic rings. The van der Waals surface area contributed by atoms with E-state index in [1.54, 1.807) is 6.07 Å². The molecule has 146 valence electrons. The van der Waals surface area contributed by atoms with Gasteiger partial charge in [-0.3, -0.25) is 0 Å². The van der Waals surface area contributed by atoms with Gasteiger partial charge in [-0.1, -0.05) is 66.9 Å². The maximum Gasteiger partial charge on any atom is 0.416 e. The lowest BCUT2D eigenvalue weighted by atomic mass is 9.76. The number of halogens is 3. The summed E-state index contributed by atoms with van der Waals surface area (Å²) in [4.78, 5) is 4.51. The van der Waals surface area contributed by atoms with Crippen LogP contribution in [0.15, 0.2) is 59.1 Å². The predicted molar refractivity (Wildman–Crippen MR) is 99.6 cm³/mol. The van der Waals surface area contributed by atoms with Crippen LogP contribution >= 0.6 is 0 Å². The van der Waals surface area contributed by atoms with Crippen LogP contribution in [0.3, 0.4) is 0 Å². The summed E-state index contributed by atoms with van der Waals surface area (Å²) in [5.74, 6) is 1.03. The molecule has 0 unspecified atom stereocenters. The second-order valence-corrected chi connectivity index (χ2v) is 7.32. The largest absolute Gasteiger partial charge is 0.416 e. The molecule has 0 N–H and O–H groups in total. The van der Waals surface area contributed by atoms with E-state index in [1.807, 2.05) is 30.3 Å². The van der Waals surface area contributed by atoms with Crippen molar-refractivity contribution in [3.63, 3.8) is 0 Å². The van der Waals surface area contributed by atoms with Crippen LogP contribution in [0.2, 0.25) is 0 Å². The third-order valence-electron chi connectivity index (χ3n) is 5.44. The maximum atomic E-state index is 13.0. The van der Waals surface area contributed by atoms with Gasteiger partial charge in [0.15, 0.2) is 0 Å². The van der Waals surface area contributed by atoms with Crippen molar-refractivity contribution < 1.29 is 17.7 Å². The number of rotatable bonds is 4. The van der Waals surface area contributed by atoms with Crippen molar-refractivity contribution in [2.45, 2.75) is 44.2 Å². The standard InChI is InChI=1S/C22H21F3N2O/c23-22(24,25)18-13-7-12-17(14-18)20-26-21(28-27-20)19(15-8-3-1-4-9-15)16-10-5-2-6-11-16/h1,3-4,7-9,12-14,16,19H,2,5-6,10-11H2/t19-/m1/s1. The van der Waals surface area contributed by atoms with Crippen molar-refractivity contribution in [3.8, 4) is 11.4 Å². The van der Waals surface area contributed by atoms with Crippen LogP contribution in [0.25, 0.3) is 11.4 Å². The molecular weight excluding hydrogens is 365 g/mol. The highest BCUT2D eigenvalue weighted by atomic mass is 19.4. The summed E-state index contributed by atoms with van der Waals surface area (Å²) in [5, 5.41) is 4.00. The lowest BCUT2D eigenvalue weighted by molar-refractivity contribution is -0.137. The fourth-order valence-corrected chi connectivity index (χ4v) is 4.06. The Morgan fingerprint density at radius 3 is 2.39 bits per heavy atom. The van der Waals surface area contributed by atoms with Gasteiger partial charge in [0.2, 0.25) is 11.7 Å². The van der Waals surface area contributed by atoms with E-state index in [1.165, 1.54) is 25.3 Å². The molecule has 1 aromatic heterocycles. The molecule has 0 radical (unpaired) electrons. The normalized spacial score (nSPS) is 16.8. The Morgan fingerprint density at radius 1 is 0.929 bits per heavy atom. The number of aromatic nitrogens is 2. The third kappa shape index (κ3) is 3.96. The van der Waals surface area contributed by atoms with Crippen molar-refractivity contribution in [1.82, 2.24) is 10.1 Å². The summed E-state index contributed by atoms with van der Waals surface area (Å²) in [6, 6.07) is 15.1. The zero-order valence-corrected chi connectivity index (χ0v) is 15.3. The molecule has 1 aliphatic carbocycles. The smallest absolute Gasteiger partial charge is 0.338 e. The van der Waals surface area contributed by atoms with Gasteiger partial charge in [0, 0.05) is 5.56 Å². The fourth-order valence-electron chi connectivity index (χ4n) is 4.06.